The van der Waals surface area contributed by atoms with Gasteiger partial charge in [-0.25, -0.2) is 0 Å². The summed E-state index contributed by atoms with van der Waals surface area (Å²) in [5.74, 6) is 1.26. The molecule has 3 nitrogen and oxygen atoms in total. The number of nitrogens with zero attached hydrogens (tertiary/aromatic N) is 1. The van der Waals surface area contributed by atoms with Crippen molar-refractivity contribution in [2.75, 3.05) is 26.2 Å². The van der Waals surface area contributed by atoms with Crippen molar-refractivity contribution in [1.82, 2.24) is 4.90 Å². The summed E-state index contributed by atoms with van der Waals surface area (Å²) in [4.78, 5) is 2.51. The summed E-state index contributed by atoms with van der Waals surface area (Å²) < 4.78 is 6.13. The van der Waals surface area contributed by atoms with E-state index in [-0.39, 0.29) is 0 Å². The van der Waals surface area contributed by atoms with Gasteiger partial charge in [-0.3, -0.25) is 4.90 Å². The molecule has 2 aliphatic rings. The first-order chi connectivity index (χ1) is 14.3. The number of phenolic OH excluding ortho intramolecular Hbond substituents is 1. The summed E-state index contributed by atoms with van der Waals surface area (Å²) in [7, 11) is 0. The number of hydrogen-bond donors (Lipinski definition) is 1. The number of rotatable bonds is 6. The van der Waals surface area contributed by atoms with Crippen molar-refractivity contribution in [3.05, 3.63) is 65.2 Å². The summed E-state index contributed by atoms with van der Waals surface area (Å²) in [5.41, 5.74) is 5.09. The molecule has 4 rings (SSSR count). The third-order valence-corrected chi connectivity index (χ3v) is 6.19. The van der Waals surface area contributed by atoms with Crippen LogP contribution < -0.4 is 4.74 Å². The highest BCUT2D eigenvalue weighted by molar-refractivity contribution is 5.83. The molecule has 2 aromatic carbocycles. The van der Waals surface area contributed by atoms with Crippen molar-refractivity contribution in [2.45, 2.75) is 51.4 Å². The number of aromatic hydroxyl groups is 1. The van der Waals surface area contributed by atoms with Gasteiger partial charge in [-0.2, -0.15) is 0 Å². The predicted octanol–water partition coefficient (Wildman–Crippen LogP) is 6.02. The Balaban J connectivity index is 1.54. The van der Waals surface area contributed by atoms with Crippen LogP contribution in [0.15, 0.2) is 54.1 Å². The Bertz CT molecular complexity index is 828. The van der Waals surface area contributed by atoms with Crippen LogP contribution in [-0.2, 0) is 0 Å². The SMILES string of the molecule is Oc1cccc(C(=C2CCCCC2)c2cccc(OCCN3CCCCC3)c2)c1. The molecule has 2 fully saturated rings. The van der Waals surface area contributed by atoms with E-state index in [1.807, 2.05) is 12.1 Å². The maximum atomic E-state index is 10.0. The molecule has 0 atom stereocenters. The number of piperidine rings is 1. The van der Waals surface area contributed by atoms with Crippen LogP contribution in [0.25, 0.3) is 5.57 Å². The highest BCUT2D eigenvalue weighted by atomic mass is 16.5. The molecule has 1 N–H and O–H groups in total. The Morgan fingerprint density at radius 3 is 2.28 bits per heavy atom. The summed E-state index contributed by atoms with van der Waals surface area (Å²) in [6.45, 7) is 4.15. The van der Waals surface area contributed by atoms with Gasteiger partial charge in [0.05, 0.1) is 0 Å². The molecule has 0 radical (unpaired) electrons. The Labute approximate surface area is 175 Å². The fraction of sp³-hybridized carbons (Fsp3) is 0.462. The minimum Gasteiger partial charge on any atom is -0.508 e. The van der Waals surface area contributed by atoms with Crippen molar-refractivity contribution < 1.29 is 9.84 Å². The van der Waals surface area contributed by atoms with Gasteiger partial charge in [-0.05, 0) is 92.6 Å². The third-order valence-electron chi connectivity index (χ3n) is 6.19. The van der Waals surface area contributed by atoms with Crippen molar-refractivity contribution in [3.8, 4) is 11.5 Å². The lowest BCUT2D eigenvalue weighted by molar-refractivity contribution is 0.183. The molecule has 2 aromatic rings. The lowest BCUT2D eigenvalue weighted by Gasteiger charge is -2.26. The molecule has 0 amide bonds. The molecule has 0 bridgehead atoms. The minimum atomic E-state index is 0.324. The van der Waals surface area contributed by atoms with Crippen LogP contribution in [-0.4, -0.2) is 36.2 Å². The van der Waals surface area contributed by atoms with E-state index >= 15 is 0 Å². The van der Waals surface area contributed by atoms with Gasteiger partial charge in [-0.1, -0.05) is 42.7 Å². The van der Waals surface area contributed by atoms with Crippen LogP contribution in [0, 0.1) is 0 Å². The molecule has 1 saturated heterocycles. The molecular weight excluding hydrogens is 358 g/mol. The monoisotopic (exact) mass is 391 g/mol. The molecule has 154 valence electrons. The number of allylic oxidation sites excluding steroid dienone is 1. The molecule has 0 aromatic heterocycles. The first-order valence-electron chi connectivity index (χ1n) is 11.3. The second-order valence-corrected chi connectivity index (χ2v) is 8.37. The molecule has 3 heteroatoms. The zero-order valence-electron chi connectivity index (χ0n) is 17.4. The zero-order valence-corrected chi connectivity index (χ0v) is 17.4. The van der Waals surface area contributed by atoms with E-state index < -0.39 is 0 Å². The number of ether oxygens (including phenoxy) is 1. The van der Waals surface area contributed by atoms with Crippen LogP contribution in [0.4, 0.5) is 0 Å². The first-order valence-corrected chi connectivity index (χ1v) is 11.3. The largest absolute Gasteiger partial charge is 0.508 e. The molecule has 0 spiro atoms. The smallest absolute Gasteiger partial charge is 0.119 e. The molecule has 1 aliphatic carbocycles. The Morgan fingerprint density at radius 1 is 0.828 bits per heavy atom. The van der Waals surface area contributed by atoms with Gasteiger partial charge in [0.1, 0.15) is 18.1 Å². The standard InChI is InChI=1S/C26H33NO2/c28-24-13-7-11-22(19-24)26(21-9-3-1-4-10-21)23-12-8-14-25(20-23)29-18-17-27-15-5-2-6-16-27/h7-8,11-14,19-20,28H,1-6,9-10,15-18H2. The van der Waals surface area contributed by atoms with Crippen LogP contribution >= 0.6 is 0 Å². The third kappa shape index (κ3) is 5.42. The Morgan fingerprint density at radius 2 is 1.52 bits per heavy atom. The van der Waals surface area contributed by atoms with Gasteiger partial charge < -0.3 is 9.84 Å². The van der Waals surface area contributed by atoms with Gasteiger partial charge in [0.15, 0.2) is 0 Å². The van der Waals surface area contributed by atoms with E-state index in [1.54, 1.807) is 6.07 Å². The minimum absolute atomic E-state index is 0.324. The average molecular weight is 392 g/mol. The predicted molar refractivity (Wildman–Crippen MR) is 119 cm³/mol. The molecule has 0 unspecified atom stereocenters. The molecule has 29 heavy (non-hydrogen) atoms. The average Bonchev–Trinajstić information content (AvgIpc) is 2.76. The van der Waals surface area contributed by atoms with Crippen molar-refractivity contribution >= 4 is 5.57 Å². The fourth-order valence-corrected chi connectivity index (χ4v) is 4.68. The number of hydrogen-bond acceptors (Lipinski definition) is 3. The maximum Gasteiger partial charge on any atom is 0.119 e. The maximum absolute atomic E-state index is 10.0. The molecule has 1 aliphatic heterocycles. The summed E-state index contributed by atoms with van der Waals surface area (Å²) in [6, 6.07) is 16.2. The molecule has 1 saturated carbocycles. The van der Waals surface area contributed by atoms with Crippen molar-refractivity contribution in [1.29, 1.82) is 0 Å². The van der Waals surface area contributed by atoms with E-state index in [9.17, 15) is 5.11 Å². The van der Waals surface area contributed by atoms with Crippen LogP contribution in [0.3, 0.4) is 0 Å². The zero-order chi connectivity index (χ0) is 19.9. The normalized spacial score (nSPS) is 17.9. The van der Waals surface area contributed by atoms with E-state index in [1.165, 1.54) is 68.3 Å². The summed E-state index contributed by atoms with van der Waals surface area (Å²) >= 11 is 0. The number of phenols is 1. The highest BCUT2D eigenvalue weighted by Gasteiger charge is 2.16. The molecule has 1 heterocycles. The summed E-state index contributed by atoms with van der Waals surface area (Å²) in [6.07, 6.45) is 10.1. The number of benzene rings is 2. The lowest BCUT2D eigenvalue weighted by atomic mass is 9.85. The first kappa shape index (κ1) is 20.0. The van der Waals surface area contributed by atoms with Crippen LogP contribution in [0.1, 0.15) is 62.5 Å². The van der Waals surface area contributed by atoms with Gasteiger partial charge in [-0.15, -0.1) is 0 Å². The van der Waals surface area contributed by atoms with Gasteiger partial charge in [0.2, 0.25) is 0 Å². The second-order valence-electron chi connectivity index (χ2n) is 8.37. The molecular formula is C26H33NO2. The lowest BCUT2D eigenvalue weighted by Crippen LogP contribution is -2.33. The van der Waals surface area contributed by atoms with Crippen molar-refractivity contribution in [2.24, 2.45) is 0 Å². The van der Waals surface area contributed by atoms with E-state index in [4.69, 9.17) is 4.74 Å². The van der Waals surface area contributed by atoms with Crippen molar-refractivity contribution in [3.63, 3.8) is 0 Å². The van der Waals surface area contributed by atoms with Gasteiger partial charge >= 0.3 is 0 Å². The van der Waals surface area contributed by atoms with Crippen LogP contribution in [0.5, 0.6) is 11.5 Å². The number of likely N-dealkylation sites (tertiary alicyclic amines) is 1. The van der Waals surface area contributed by atoms with Gasteiger partial charge in [0.25, 0.3) is 0 Å². The summed E-state index contributed by atoms with van der Waals surface area (Å²) in [5, 5.41) is 10.0. The van der Waals surface area contributed by atoms with Crippen LogP contribution in [0.2, 0.25) is 0 Å². The fourth-order valence-electron chi connectivity index (χ4n) is 4.68. The van der Waals surface area contributed by atoms with E-state index in [0.29, 0.717) is 5.75 Å². The quantitative estimate of drug-likeness (QED) is 0.653. The Hall–Kier alpha value is -2.26. The highest BCUT2D eigenvalue weighted by Crippen LogP contribution is 2.36. The second kappa shape index (κ2) is 9.98. The Kier molecular flexibility index (Phi) is 6.89. The van der Waals surface area contributed by atoms with E-state index in [2.05, 4.69) is 35.2 Å². The van der Waals surface area contributed by atoms with E-state index in [0.717, 1.165) is 37.3 Å². The van der Waals surface area contributed by atoms with Gasteiger partial charge in [0, 0.05) is 6.54 Å². The topological polar surface area (TPSA) is 32.7 Å².